The summed E-state index contributed by atoms with van der Waals surface area (Å²) in [6, 6.07) is 2.12. The molecule has 0 unspecified atom stereocenters. The molecule has 0 atom stereocenters. The smallest absolute Gasteiger partial charge is 0.0635 e. The minimum atomic E-state index is 0.611. The molecule has 0 aromatic heterocycles. The lowest BCUT2D eigenvalue weighted by molar-refractivity contribution is 0.288. The second-order valence-corrected chi connectivity index (χ2v) is 3.09. The van der Waals surface area contributed by atoms with Crippen molar-refractivity contribution in [1.29, 1.82) is 5.26 Å². The van der Waals surface area contributed by atoms with E-state index in [1.165, 1.54) is 13.0 Å². The minimum absolute atomic E-state index is 0.611. The number of nitriles is 1. The Morgan fingerprint density at radius 1 is 1.23 bits per heavy atom. The third kappa shape index (κ3) is 7.76. The fourth-order valence-electron chi connectivity index (χ4n) is 1.25. The van der Waals surface area contributed by atoms with Crippen LogP contribution in [0, 0.1) is 11.3 Å². The van der Waals surface area contributed by atoms with Crippen LogP contribution in [0.2, 0.25) is 0 Å². The molecular formula is C10H21N3. The molecule has 0 radical (unpaired) electrons. The molecule has 1 N–H and O–H groups in total. The fraction of sp³-hybridized carbons (Fsp3) is 0.900. The Hall–Kier alpha value is -0.590. The molecule has 0 saturated carbocycles. The van der Waals surface area contributed by atoms with Crippen LogP contribution >= 0.6 is 0 Å². The lowest BCUT2D eigenvalue weighted by Crippen LogP contribution is -2.32. The molecule has 0 heterocycles. The SMILES string of the molecule is CCCN(CC)CCNCCC#N. The monoisotopic (exact) mass is 183 g/mol. The molecule has 0 aliphatic rings. The van der Waals surface area contributed by atoms with Gasteiger partial charge in [0.25, 0.3) is 0 Å². The largest absolute Gasteiger partial charge is 0.314 e. The van der Waals surface area contributed by atoms with Crippen LogP contribution in [0.15, 0.2) is 0 Å². The summed E-state index contributed by atoms with van der Waals surface area (Å²) < 4.78 is 0. The topological polar surface area (TPSA) is 39.1 Å². The zero-order chi connectivity index (χ0) is 9.94. The van der Waals surface area contributed by atoms with E-state index in [0.29, 0.717) is 6.42 Å². The summed E-state index contributed by atoms with van der Waals surface area (Å²) in [5.41, 5.74) is 0. The van der Waals surface area contributed by atoms with Crippen LogP contribution in [0.4, 0.5) is 0 Å². The third-order valence-electron chi connectivity index (χ3n) is 2.01. The highest BCUT2D eigenvalue weighted by Gasteiger charge is 1.98. The molecule has 0 saturated heterocycles. The molecule has 3 heteroatoms. The second-order valence-electron chi connectivity index (χ2n) is 3.09. The summed E-state index contributed by atoms with van der Waals surface area (Å²) in [5, 5.41) is 11.6. The Kier molecular flexibility index (Phi) is 9.07. The van der Waals surface area contributed by atoms with E-state index < -0.39 is 0 Å². The van der Waals surface area contributed by atoms with Gasteiger partial charge in [0.1, 0.15) is 0 Å². The molecule has 0 aromatic carbocycles. The van der Waals surface area contributed by atoms with Gasteiger partial charge < -0.3 is 10.2 Å². The van der Waals surface area contributed by atoms with Gasteiger partial charge in [0.05, 0.1) is 6.07 Å². The maximum atomic E-state index is 8.30. The van der Waals surface area contributed by atoms with E-state index in [-0.39, 0.29) is 0 Å². The first-order valence-electron chi connectivity index (χ1n) is 5.15. The van der Waals surface area contributed by atoms with Gasteiger partial charge in [-0.3, -0.25) is 0 Å². The second kappa shape index (κ2) is 9.50. The maximum absolute atomic E-state index is 8.30. The fourth-order valence-corrected chi connectivity index (χ4v) is 1.25. The van der Waals surface area contributed by atoms with Crippen LogP contribution in [0.5, 0.6) is 0 Å². The molecule has 0 aromatic rings. The predicted molar refractivity (Wildman–Crippen MR) is 55.5 cm³/mol. The number of hydrogen-bond donors (Lipinski definition) is 1. The van der Waals surface area contributed by atoms with Crippen molar-refractivity contribution in [3.63, 3.8) is 0 Å². The van der Waals surface area contributed by atoms with Crippen LogP contribution in [-0.2, 0) is 0 Å². The van der Waals surface area contributed by atoms with E-state index >= 15 is 0 Å². The molecule has 0 fully saturated rings. The Labute approximate surface area is 81.7 Å². The Balaban J connectivity index is 3.23. The van der Waals surface area contributed by atoms with Crippen LogP contribution in [-0.4, -0.2) is 37.6 Å². The average molecular weight is 183 g/mol. The van der Waals surface area contributed by atoms with Gasteiger partial charge in [0.15, 0.2) is 0 Å². The van der Waals surface area contributed by atoms with Gasteiger partial charge in [-0.1, -0.05) is 13.8 Å². The molecule has 0 spiro atoms. The Morgan fingerprint density at radius 2 is 2.00 bits per heavy atom. The summed E-state index contributed by atoms with van der Waals surface area (Å²) in [6.45, 7) is 9.59. The predicted octanol–water partition coefficient (Wildman–Crippen LogP) is 1.22. The van der Waals surface area contributed by atoms with Gasteiger partial charge >= 0.3 is 0 Å². The van der Waals surface area contributed by atoms with Crippen LogP contribution in [0.3, 0.4) is 0 Å². The van der Waals surface area contributed by atoms with Crippen molar-refractivity contribution in [2.45, 2.75) is 26.7 Å². The highest BCUT2D eigenvalue weighted by Crippen LogP contribution is 1.88. The molecule has 76 valence electrons. The van der Waals surface area contributed by atoms with Crippen molar-refractivity contribution >= 4 is 0 Å². The van der Waals surface area contributed by atoms with E-state index in [1.807, 2.05) is 0 Å². The van der Waals surface area contributed by atoms with Gasteiger partial charge in [-0.05, 0) is 19.5 Å². The summed E-state index contributed by atoms with van der Waals surface area (Å²) in [4.78, 5) is 2.42. The molecule has 0 rings (SSSR count). The first-order chi connectivity index (χ1) is 6.35. The van der Waals surface area contributed by atoms with E-state index in [1.54, 1.807) is 0 Å². The summed E-state index contributed by atoms with van der Waals surface area (Å²) in [6.07, 6.45) is 1.83. The van der Waals surface area contributed by atoms with E-state index in [2.05, 4.69) is 30.1 Å². The van der Waals surface area contributed by atoms with Gasteiger partial charge in [0, 0.05) is 26.1 Å². The van der Waals surface area contributed by atoms with Crippen LogP contribution in [0.1, 0.15) is 26.7 Å². The van der Waals surface area contributed by atoms with Crippen molar-refractivity contribution in [3.8, 4) is 6.07 Å². The van der Waals surface area contributed by atoms with E-state index in [9.17, 15) is 0 Å². The molecule has 0 aliphatic heterocycles. The first kappa shape index (κ1) is 12.4. The van der Waals surface area contributed by atoms with Crippen molar-refractivity contribution in [3.05, 3.63) is 0 Å². The highest BCUT2D eigenvalue weighted by atomic mass is 15.1. The molecule has 0 bridgehead atoms. The van der Waals surface area contributed by atoms with E-state index in [4.69, 9.17) is 5.26 Å². The standard InChI is InChI=1S/C10H21N3/c1-3-9-13(4-2)10-8-12-7-5-6-11/h12H,3-5,7-10H2,1-2H3. The van der Waals surface area contributed by atoms with Crippen molar-refractivity contribution in [1.82, 2.24) is 10.2 Å². The average Bonchev–Trinajstić information content (AvgIpc) is 2.16. The van der Waals surface area contributed by atoms with Gasteiger partial charge in [-0.25, -0.2) is 0 Å². The van der Waals surface area contributed by atoms with Crippen LogP contribution < -0.4 is 5.32 Å². The lowest BCUT2D eigenvalue weighted by Gasteiger charge is -2.19. The van der Waals surface area contributed by atoms with Crippen LogP contribution in [0.25, 0.3) is 0 Å². The molecular weight excluding hydrogens is 162 g/mol. The van der Waals surface area contributed by atoms with Gasteiger partial charge in [0.2, 0.25) is 0 Å². The number of hydrogen-bond acceptors (Lipinski definition) is 3. The zero-order valence-electron chi connectivity index (χ0n) is 8.84. The van der Waals surface area contributed by atoms with Gasteiger partial charge in [-0.15, -0.1) is 0 Å². The van der Waals surface area contributed by atoms with Gasteiger partial charge in [-0.2, -0.15) is 5.26 Å². The zero-order valence-corrected chi connectivity index (χ0v) is 8.84. The molecule has 0 amide bonds. The van der Waals surface area contributed by atoms with E-state index in [0.717, 1.165) is 26.2 Å². The molecule has 3 nitrogen and oxygen atoms in total. The quantitative estimate of drug-likeness (QED) is 0.575. The maximum Gasteiger partial charge on any atom is 0.0635 e. The summed E-state index contributed by atoms with van der Waals surface area (Å²) in [7, 11) is 0. The number of nitrogens with zero attached hydrogens (tertiary/aromatic N) is 2. The summed E-state index contributed by atoms with van der Waals surface area (Å²) >= 11 is 0. The number of likely N-dealkylation sites (N-methyl/N-ethyl adjacent to an activating group) is 1. The van der Waals surface area contributed by atoms with Crippen molar-refractivity contribution < 1.29 is 0 Å². The Morgan fingerprint density at radius 3 is 2.54 bits per heavy atom. The highest BCUT2D eigenvalue weighted by molar-refractivity contribution is 4.70. The van der Waals surface area contributed by atoms with Crippen molar-refractivity contribution in [2.24, 2.45) is 0 Å². The number of rotatable bonds is 8. The number of nitrogens with one attached hydrogen (secondary N) is 1. The molecule has 0 aliphatic carbocycles. The normalized spacial score (nSPS) is 10.3. The van der Waals surface area contributed by atoms with Crippen molar-refractivity contribution in [2.75, 3.05) is 32.7 Å². The molecule has 13 heavy (non-hydrogen) atoms. The lowest BCUT2D eigenvalue weighted by atomic mass is 10.4. The third-order valence-corrected chi connectivity index (χ3v) is 2.01. The minimum Gasteiger partial charge on any atom is -0.314 e. The Bertz CT molecular complexity index is 140. The summed E-state index contributed by atoms with van der Waals surface area (Å²) in [5.74, 6) is 0. The first-order valence-corrected chi connectivity index (χ1v) is 5.15.